The highest BCUT2D eigenvalue weighted by Crippen LogP contribution is 2.23. The molecule has 1 fully saturated rings. The Morgan fingerprint density at radius 2 is 2.16 bits per heavy atom. The van der Waals surface area contributed by atoms with Gasteiger partial charge in [0.1, 0.15) is 0 Å². The molecule has 6 nitrogen and oxygen atoms in total. The van der Waals surface area contributed by atoms with Crippen molar-refractivity contribution >= 4 is 28.3 Å². The molecule has 0 radical (unpaired) electrons. The Balaban J connectivity index is 1.90. The normalized spacial score (nSPS) is 15.8. The lowest BCUT2D eigenvalue weighted by atomic mass is 10.2. The molecule has 0 spiro atoms. The first-order chi connectivity index (χ1) is 9.15. The van der Waals surface area contributed by atoms with Gasteiger partial charge in [-0.15, -0.1) is 11.3 Å². The summed E-state index contributed by atoms with van der Waals surface area (Å²) in [5.74, 6) is -1.10. The summed E-state index contributed by atoms with van der Waals surface area (Å²) in [7, 11) is 0. The number of nitrogens with zero attached hydrogens (tertiary/aromatic N) is 2. The van der Waals surface area contributed by atoms with E-state index in [0.717, 1.165) is 25.7 Å². The molecule has 1 heterocycles. The van der Waals surface area contributed by atoms with Crippen LogP contribution in [0.3, 0.4) is 0 Å². The molecule has 0 aromatic carbocycles. The maximum absolute atomic E-state index is 11.9. The third-order valence-corrected chi connectivity index (χ3v) is 3.89. The van der Waals surface area contributed by atoms with Crippen LogP contribution in [0.1, 0.15) is 25.7 Å². The van der Waals surface area contributed by atoms with Gasteiger partial charge in [-0.1, -0.05) is 12.8 Å². The number of carbonyl (C=O) groups is 2. The first kappa shape index (κ1) is 14.0. The molecule has 1 aliphatic rings. The van der Waals surface area contributed by atoms with E-state index in [1.807, 2.05) is 0 Å². The zero-order chi connectivity index (χ0) is 13.7. The minimum Gasteiger partial charge on any atom is -0.480 e. The average molecular weight is 283 g/mol. The Bertz CT molecular complexity index is 429. The van der Waals surface area contributed by atoms with E-state index < -0.39 is 5.97 Å². The summed E-state index contributed by atoms with van der Waals surface area (Å²) in [6, 6.07) is 0.207. The number of hydrogen-bond donors (Lipinski definition) is 2. The van der Waals surface area contributed by atoms with Gasteiger partial charge in [-0.05, 0) is 12.8 Å². The third kappa shape index (κ3) is 4.29. The van der Waals surface area contributed by atoms with Crippen LogP contribution in [0, 0.1) is 0 Å². The number of anilines is 1. The quantitative estimate of drug-likeness (QED) is 0.825. The van der Waals surface area contributed by atoms with Crippen LogP contribution in [0.25, 0.3) is 0 Å². The number of thiazole rings is 1. The van der Waals surface area contributed by atoms with E-state index in [2.05, 4.69) is 10.3 Å². The Kier molecular flexibility index (Phi) is 4.86. The van der Waals surface area contributed by atoms with Crippen LogP contribution in [0.15, 0.2) is 11.6 Å². The molecule has 104 valence electrons. The zero-order valence-electron chi connectivity index (χ0n) is 10.5. The maximum atomic E-state index is 11.9. The number of carboxylic acid groups (broad SMARTS) is 1. The molecular formula is C12H17N3O3S. The number of rotatable bonds is 6. The molecule has 2 rings (SSSR count). The highest BCUT2D eigenvalue weighted by Gasteiger charge is 2.26. The lowest BCUT2D eigenvalue weighted by Crippen LogP contribution is -2.42. The van der Waals surface area contributed by atoms with Gasteiger partial charge in [0.05, 0.1) is 13.1 Å². The van der Waals surface area contributed by atoms with Crippen LogP contribution in [0.4, 0.5) is 5.13 Å². The Hall–Kier alpha value is -1.47. The van der Waals surface area contributed by atoms with Crippen LogP contribution < -0.4 is 5.32 Å². The number of hydrogen-bond acceptors (Lipinski definition) is 5. The van der Waals surface area contributed by atoms with Gasteiger partial charge in [0.15, 0.2) is 5.13 Å². The molecule has 1 amide bonds. The number of aromatic nitrogens is 1. The van der Waals surface area contributed by atoms with E-state index >= 15 is 0 Å². The second-order valence-electron chi connectivity index (χ2n) is 4.62. The van der Waals surface area contributed by atoms with Gasteiger partial charge in [-0.25, -0.2) is 4.98 Å². The van der Waals surface area contributed by atoms with E-state index in [1.54, 1.807) is 16.5 Å². The van der Waals surface area contributed by atoms with Gasteiger partial charge >= 0.3 is 5.97 Å². The standard InChI is InChI=1S/C12H17N3O3S/c16-10(14-12-13-5-6-19-12)7-15(8-11(17)18)9-3-1-2-4-9/h5-6,9H,1-4,7-8H2,(H,17,18)(H,13,14,16). The highest BCUT2D eigenvalue weighted by molar-refractivity contribution is 7.13. The SMILES string of the molecule is O=C(O)CN(CC(=O)Nc1nccs1)C1CCCC1. The predicted octanol–water partition coefficient (Wildman–Crippen LogP) is 1.41. The summed E-state index contributed by atoms with van der Waals surface area (Å²) in [4.78, 5) is 28.5. The van der Waals surface area contributed by atoms with Gasteiger partial charge in [-0.2, -0.15) is 0 Å². The molecule has 1 saturated carbocycles. The van der Waals surface area contributed by atoms with Crippen LogP contribution in [-0.4, -0.2) is 46.0 Å². The predicted molar refractivity (Wildman–Crippen MR) is 72.2 cm³/mol. The van der Waals surface area contributed by atoms with Crippen molar-refractivity contribution in [2.45, 2.75) is 31.7 Å². The van der Waals surface area contributed by atoms with Gasteiger partial charge in [-0.3, -0.25) is 14.5 Å². The fourth-order valence-corrected chi connectivity index (χ4v) is 2.93. The number of carboxylic acids is 1. The fourth-order valence-electron chi connectivity index (χ4n) is 2.39. The van der Waals surface area contributed by atoms with Gasteiger partial charge in [0, 0.05) is 17.6 Å². The molecule has 0 aliphatic heterocycles. The molecule has 0 unspecified atom stereocenters. The van der Waals surface area contributed by atoms with Crippen LogP contribution in [-0.2, 0) is 9.59 Å². The van der Waals surface area contributed by atoms with Gasteiger partial charge in [0.25, 0.3) is 0 Å². The zero-order valence-corrected chi connectivity index (χ0v) is 11.4. The van der Waals surface area contributed by atoms with E-state index in [0.29, 0.717) is 5.13 Å². The minimum atomic E-state index is -0.894. The smallest absolute Gasteiger partial charge is 0.317 e. The molecule has 0 atom stereocenters. The molecular weight excluding hydrogens is 266 g/mol. The van der Waals surface area contributed by atoms with Gasteiger partial charge < -0.3 is 10.4 Å². The number of amides is 1. The van der Waals surface area contributed by atoms with Crippen LogP contribution >= 0.6 is 11.3 Å². The molecule has 2 N–H and O–H groups in total. The first-order valence-corrected chi connectivity index (χ1v) is 7.18. The van der Waals surface area contributed by atoms with Crippen molar-refractivity contribution in [3.05, 3.63) is 11.6 Å². The first-order valence-electron chi connectivity index (χ1n) is 6.30. The van der Waals surface area contributed by atoms with E-state index in [-0.39, 0.29) is 25.0 Å². The Morgan fingerprint density at radius 1 is 1.42 bits per heavy atom. The van der Waals surface area contributed by atoms with Crippen molar-refractivity contribution in [3.63, 3.8) is 0 Å². The van der Waals surface area contributed by atoms with Crippen molar-refractivity contribution in [2.75, 3.05) is 18.4 Å². The summed E-state index contributed by atoms with van der Waals surface area (Å²) < 4.78 is 0. The summed E-state index contributed by atoms with van der Waals surface area (Å²) >= 11 is 1.35. The summed E-state index contributed by atoms with van der Waals surface area (Å²) in [5.41, 5.74) is 0. The summed E-state index contributed by atoms with van der Waals surface area (Å²) in [6.45, 7) is 0.0203. The van der Waals surface area contributed by atoms with Gasteiger partial charge in [0.2, 0.25) is 5.91 Å². The molecule has 1 aromatic heterocycles. The second kappa shape index (κ2) is 6.63. The fraction of sp³-hybridized carbons (Fsp3) is 0.583. The Morgan fingerprint density at radius 3 is 2.74 bits per heavy atom. The third-order valence-electron chi connectivity index (χ3n) is 3.20. The lowest BCUT2D eigenvalue weighted by Gasteiger charge is -2.26. The molecule has 7 heteroatoms. The van der Waals surface area contributed by atoms with Crippen molar-refractivity contribution in [2.24, 2.45) is 0 Å². The topological polar surface area (TPSA) is 82.5 Å². The van der Waals surface area contributed by atoms with E-state index in [4.69, 9.17) is 5.11 Å². The Labute approximate surface area is 115 Å². The number of carbonyl (C=O) groups excluding carboxylic acids is 1. The lowest BCUT2D eigenvalue weighted by molar-refractivity contribution is -0.139. The van der Waals surface area contributed by atoms with E-state index in [9.17, 15) is 9.59 Å². The van der Waals surface area contributed by atoms with Crippen LogP contribution in [0.2, 0.25) is 0 Å². The molecule has 0 bridgehead atoms. The molecule has 1 aromatic rings. The molecule has 0 saturated heterocycles. The molecule has 19 heavy (non-hydrogen) atoms. The minimum absolute atomic E-state index is 0.0873. The largest absolute Gasteiger partial charge is 0.480 e. The monoisotopic (exact) mass is 283 g/mol. The van der Waals surface area contributed by atoms with Crippen molar-refractivity contribution in [3.8, 4) is 0 Å². The summed E-state index contributed by atoms with van der Waals surface area (Å²) in [6.07, 6.45) is 5.77. The van der Waals surface area contributed by atoms with Crippen molar-refractivity contribution in [1.29, 1.82) is 0 Å². The molecule has 1 aliphatic carbocycles. The second-order valence-corrected chi connectivity index (χ2v) is 5.52. The van der Waals surface area contributed by atoms with E-state index in [1.165, 1.54) is 11.3 Å². The van der Waals surface area contributed by atoms with Crippen LogP contribution in [0.5, 0.6) is 0 Å². The number of aliphatic carboxylic acids is 1. The number of nitrogens with one attached hydrogen (secondary N) is 1. The highest BCUT2D eigenvalue weighted by atomic mass is 32.1. The van der Waals surface area contributed by atoms with Crippen molar-refractivity contribution in [1.82, 2.24) is 9.88 Å². The van der Waals surface area contributed by atoms with Crippen molar-refractivity contribution < 1.29 is 14.7 Å². The maximum Gasteiger partial charge on any atom is 0.317 e. The summed E-state index contributed by atoms with van der Waals surface area (Å²) in [5, 5.41) is 13.9. The average Bonchev–Trinajstić information content (AvgIpc) is 2.99.